The molecule has 1 aliphatic heterocycles. The van der Waals surface area contributed by atoms with Crippen LogP contribution in [0.2, 0.25) is 5.02 Å². The molecule has 0 bridgehead atoms. The van der Waals surface area contributed by atoms with E-state index in [4.69, 9.17) is 11.6 Å². The molecule has 1 aromatic rings. The Kier molecular flexibility index (Phi) is 3.89. The Balaban J connectivity index is 1.56. The minimum absolute atomic E-state index is 0.00368. The van der Waals surface area contributed by atoms with E-state index in [2.05, 4.69) is 5.10 Å². The number of aromatic nitrogens is 2. The van der Waals surface area contributed by atoms with E-state index in [1.807, 2.05) is 0 Å². The van der Waals surface area contributed by atoms with Crippen LogP contribution in [0.15, 0.2) is 12.4 Å². The fourth-order valence-corrected chi connectivity index (χ4v) is 3.28. The van der Waals surface area contributed by atoms with Crippen LogP contribution in [0.4, 0.5) is 0 Å². The Bertz CT molecular complexity index is 555. The molecule has 1 aliphatic carbocycles. The molecule has 2 fully saturated rings. The molecule has 3 rings (SSSR count). The second-order valence-electron chi connectivity index (χ2n) is 5.92. The maximum atomic E-state index is 12.2. The monoisotopic (exact) mass is 311 g/mol. The maximum Gasteiger partial charge on any atom is 0.308 e. The maximum absolute atomic E-state index is 12.2. The van der Waals surface area contributed by atoms with Gasteiger partial charge in [-0.05, 0) is 24.7 Å². The Morgan fingerprint density at radius 3 is 2.71 bits per heavy atom. The van der Waals surface area contributed by atoms with Crippen LogP contribution < -0.4 is 0 Å². The molecule has 2 atom stereocenters. The standard InChI is InChI=1S/C14H18ClN3O3/c15-10-5-16-18(6-10)4-3-13(19)17-7-11(9-1-2-9)12(8-17)14(20)21/h5-6,9,11-12H,1-4,7-8H2,(H,20,21)/t11-,12+/m0/s1. The molecule has 1 saturated heterocycles. The number of nitrogens with zero attached hydrogens (tertiary/aromatic N) is 3. The summed E-state index contributed by atoms with van der Waals surface area (Å²) < 4.78 is 1.63. The van der Waals surface area contributed by atoms with E-state index in [1.165, 1.54) is 6.20 Å². The van der Waals surface area contributed by atoms with Crippen molar-refractivity contribution in [2.75, 3.05) is 13.1 Å². The third-order valence-electron chi connectivity index (χ3n) is 4.42. The van der Waals surface area contributed by atoms with E-state index in [-0.39, 0.29) is 11.8 Å². The number of aliphatic carboxylic acids is 1. The van der Waals surface area contributed by atoms with Crippen molar-refractivity contribution in [2.45, 2.75) is 25.8 Å². The molecule has 7 heteroatoms. The van der Waals surface area contributed by atoms with Gasteiger partial charge in [0, 0.05) is 32.3 Å². The van der Waals surface area contributed by atoms with Gasteiger partial charge in [-0.25, -0.2) is 0 Å². The SMILES string of the molecule is O=C(O)[C@@H]1CN(C(=O)CCn2cc(Cl)cn2)C[C@H]1C1CC1. The predicted octanol–water partition coefficient (Wildman–Crippen LogP) is 1.50. The summed E-state index contributed by atoms with van der Waals surface area (Å²) in [6, 6.07) is 0. The number of carboxylic acid groups (broad SMARTS) is 1. The van der Waals surface area contributed by atoms with Gasteiger partial charge in [-0.1, -0.05) is 11.6 Å². The van der Waals surface area contributed by atoms with Gasteiger partial charge >= 0.3 is 5.97 Å². The van der Waals surface area contributed by atoms with Crippen LogP contribution in [0.5, 0.6) is 0 Å². The van der Waals surface area contributed by atoms with Gasteiger partial charge in [0.2, 0.25) is 5.91 Å². The highest BCUT2D eigenvalue weighted by Crippen LogP contribution is 2.44. The quantitative estimate of drug-likeness (QED) is 0.894. The fraction of sp³-hybridized carbons (Fsp3) is 0.643. The van der Waals surface area contributed by atoms with Gasteiger partial charge in [0.25, 0.3) is 0 Å². The van der Waals surface area contributed by atoms with Crippen molar-refractivity contribution in [2.24, 2.45) is 17.8 Å². The van der Waals surface area contributed by atoms with Crippen molar-refractivity contribution in [3.05, 3.63) is 17.4 Å². The molecule has 0 spiro atoms. The van der Waals surface area contributed by atoms with Gasteiger partial charge in [-0.2, -0.15) is 5.10 Å². The molecule has 1 aromatic heterocycles. The molecule has 2 aliphatic rings. The van der Waals surface area contributed by atoms with Gasteiger partial charge in [-0.15, -0.1) is 0 Å². The van der Waals surface area contributed by atoms with Crippen LogP contribution in [0.3, 0.4) is 0 Å². The minimum Gasteiger partial charge on any atom is -0.481 e. The smallest absolute Gasteiger partial charge is 0.308 e. The molecule has 1 saturated carbocycles. The number of halogens is 1. The lowest BCUT2D eigenvalue weighted by Gasteiger charge is -2.16. The fourth-order valence-electron chi connectivity index (χ4n) is 3.12. The molecule has 0 unspecified atom stereocenters. The van der Waals surface area contributed by atoms with E-state index in [1.54, 1.807) is 15.8 Å². The number of carbonyl (C=O) groups is 2. The molecule has 2 heterocycles. The van der Waals surface area contributed by atoms with Gasteiger partial charge in [0.15, 0.2) is 0 Å². The second-order valence-corrected chi connectivity index (χ2v) is 6.35. The lowest BCUT2D eigenvalue weighted by Crippen LogP contribution is -2.30. The average molecular weight is 312 g/mol. The van der Waals surface area contributed by atoms with Crippen molar-refractivity contribution in [1.82, 2.24) is 14.7 Å². The minimum atomic E-state index is -0.777. The predicted molar refractivity (Wildman–Crippen MR) is 75.8 cm³/mol. The summed E-state index contributed by atoms with van der Waals surface area (Å²) in [7, 11) is 0. The Morgan fingerprint density at radius 1 is 1.38 bits per heavy atom. The highest BCUT2D eigenvalue weighted by Gasteiger charge is 2.46. The number of carboxylic acids is 1. The highest BCUT2D eigenvalue weighted by atomic mass is 35.5. The first kappa shape index (κ1) is 14.4. The van der Waals surface area contributed by atoms with Crippen LogP contribution in [-0.2, 0) is 16.1 Å². The number of carbonyl (C=O) groups excluding carboxylic acids is 1. The zero-order valence-corrected chi connectivity index (χ0v) is 12.4. The normalized spacial score (nSPS) is 25.3. The van der Waals surface area contributed by atoms with Gasteiger partial charge < -0.3 is 10.0 Å². The summed E-state index contributed by atoms with van der Waals surface area (Å²) in [4.78, 5) is 25.3. The largest absolute Gasteiger partial charge is 0.481 e. The zero-order valence-electron chi connectivity index (χ0n) is 11.6. The number of amides is 1. The summed E-state index contributed by atoms with van der Waals surface area (Å²) in [5.41, 5.74) is 0. The molecule has 0 aromatic carbocycles. The van der Waals surface area contributed by atoms with Crippen LogP contribution >= 0.6 is 11.6 Å². The van der Waals surface area contributed by atoms with Crippen LogP contribution in [0, 0.1) is 17.8 Å². The molecule has 0 radical (unpaired) electrons. The molecule has 21 heavy (non-hydrogen) atoms. The molecular weight excluding hydrogens is 294 g/mol. The first-order chi connectivity index (χ1) is 10.0. The lowest BCUT2D eigenvalue weighted by molar-refractivity contribution is -0.142. The first-order valence-corrected chi connectivity index (χ1v) is 7.61. The van der Waals surface area contributed by atoms with E-state index in [0.29, 0.717) is 37.0 Å². The highest BCUT2D eigenvalue weighted by molar-refractivity contribution is 6.30. The van der Waals surface area contributed by atoms with E-state index in [9.17, 15) is 14.7 Å². The zero-order chi connectivity index (χ0) is 15.0. The summed E-state index contributed by atoms with van der Waals surface area (Å²) >= 11 is 5.77. The molecule has 1 N–H and O–H groups in total. The van der Waals surface area contributed by atoms with Crippen LogP contribution in [0.1, 0.15) is 19.3 Å². The van der Waals surface area contributed by atoms with Gasteiger partial charge in [0.1, 0.15) is 0 Å². The summed E-state index contributed by atoms with van der Waals surface area (Å²) in [6.07, 6.45) is 5.73. The van der Waals surface area contributed by atoms with Crippen molar-refractivity contribution in [3.8, 4) is 0 Å². The molecule has 1 amide bonds. The number of rotatable bonds is 5. The van der Waals surface area contributed by atoms with Crippen molar-refractivity contribution in [3.63, 3.8) is 0 Å². The molecule has 114 valence electrons. The number of hydrogen-bond donors (Lipinski definition) is 1. The van der Waals surface area contributed by atoms with E-state index in [0.717, 1.165) is 12.8 Å². The summed E-state index contributed by atoms with van der Waals surface area (Å²) in [5, 5.41) is 13.9. The third kappa shape index (κ3) is 3.20. The second kappa shape index (κ2) is 5.67. The van der Waals surface area contributed by atoms with Crippen molar-refractivity contribution in [1.29, 1.82) is 0 Å². The Morgan fingerprint density at radius 2 is 2.14 bits per heavy atom. The first-order valence-electron chi connectivity index (χ1n) is 7.23. The van der Waals surface area contributed by atoms with Crippen molar-refractivity contribution < 1.29 is 14.7 Å². The summed E-state index contributed by atoms with van der Waals surface area (Å²) in [6.45, 7) is 1.39. The summed E-state index contributed by atoms with van der Waals surface area (Å²) in [5.74, 6) is -0.558. The molecular formula is C14H18ClN3O3. The van der Waals surface area contributed by atoms with Gasteiger partial charge in [-0.3, -0.25) is 14.3 Å². The van der Waals surface area contributed by atoms with Crippen LogP contribution in [0.25, 0.3) is 0 Å². The molecule has 6 nitrogen and oxygen atoms in total. The topological polar surface area (TPSA) is 75.4 Å². The van der Waals surface area contributed by atoms with Crippen molar-refractivity contribution >= 4 is 23.5 Å². The van der Waals surface area contributed by atoms with Crippen LogP contribution in [-0.4, -0.2) is 44.8 Å². The van der Waals surface area contributed by atoms with E-state index >= 15 is 0 Å². The number of aryl methyl sites for hydroxylation is 1. The third-order valence-corrected chi connectivity index (χ3v) is 4.61. The van der Waals surface area contributed by atoms with E-state index < -0.39 is 11.9 Å². The number of hydrogen-bond acceptors (Lipinski definition) is 3. The van der Waals surface area contributed by atoms with Gasteiger partial charge in [0.05, 0.1) is 17.1 Å². The average Bonchev–Trinajstić information content (AvgIpc) is 3.05. The Hall–Kier alpha value is -1.56. The Labute approximate surface area is 127 Å². The number of likely N-dealkylation sites (tertiary alicyclic amines) is 1. The lowest BCUT2D eigenvalue weighted by atomic mass is 9.92.